The van der Waals surface area contributed by atoms with Gasteiger partial charge >= 0.3 is 0 Å². The molecule has 1 aromatic rings. The number of hydrogen-bond donors (Lipinski definition) is 2. The molecule has 2 N–H and O–H groups in total. The van der Waals surface area contributed by atoms with Gasteiger partial charge in [0.2, 0.25) is 0 Å². The fourth-order valence-electron chi connectivity index (χ4n) is 8.27. The summed E-state index contributed by atoms with van der Waals surface area (Å²) in [7, 11) is 0. The average molecular weight is 413 g/mol. The van der Waals surface area contributed by atoms with Gasteiger partial charge in [-0.05, 0) is 106 Å². The van der Waals surface area contributed by atoms with Gasteiger partial charge in [0, 0.05) is 23.7 Å². The van der Waals surface area contributed by atoms with Crippen LogP contribution in [-0.2, 0) is 6.54 Å². The molecule has 4 nitrogen and oxygen atoms in total. The lowest BCUT2D eigenvalue weighted by Crippen LogP contribution is -2.54. The molecule has 0 amide bonds. The second-order valence-corrected chi connectivity index (χ2v) is 11.5. The van der Waals surface area contributed by atoms with E-state index < -0.39 is 0 Å². The highest BCUT2D eigenvalue weighted by Crippen LogP contribution is 2.67. The van der Waals surface area contributed by atoms with Crippen LogP contribution in [0.15, 0.2) is 11.8 Å². The number of rotatable bonds is 2. The van der Waals surface area contributed by atoms with Gasteiger partial charge in [-0.1, -0.05) is 13.8 Å². The van der Waals surface area contributed by atoms with Crippen LogP contribution in [0.3, 0.4) is 0 Å². The molecular weight excluding hydrogens is 372 g/mol. The maximum Gasteiger partial charge on any atom is 0.0809 e. The lowest BCUT2D eigenvalue weighted by Gasteiger charge is -2.60. The minimum atomic E-state index is -0.327. The fourth-order valence-corrected chi connectivity index (χ4v) is 8.27. The second-order valence-electron chi connectivity index (χ2n) is 11.5. The molecule has 1 heterocycles. The number of aliphatic hydroxyl groups excluding tert-OH is 2. The monoisotopic (exact) mass is 412 g/mol. The van der Waals surface area contributed by atoms with Crippen molar-refractivity contribution in [3.63, 3.8) is 0 Å². The molecule has 4 aliphatic rings. The number of fused-ring (bicyclic) bond motifs is 5. The first-order valence-corrected chi connectivity index (χ1v) is 12.4. The molecule has 0 radical (unpaired) electrons. The topological polar surface area (TPSA) is 58.3 Å². The summed E-state index contributed by atoms with van der Waals surface area (Å²) in [6.45, 7) is 9.97. The van der Waals surface area contributed by atoms with Crippen LogP contribution < -0.4 is 0 Å². The lowest BCUT2D eigenvalue weighted by atomic mass is 9.45. The molecule has 4 heteroatoms. The molecule has 0 aromatic carbocycles. The zero-order chi connectivity index (χ0) is 21.3. The Bertz CT molecular complexity index is 844. The van der Waals surface area contributed by atoms with Crippen molar-refractivity contribution in [2.45, 2.75) is 97.8 Å². The van der Waals surface area contributed by atoms with Crippen molar-refractivity contribution in [1.82, 2.24) is 9.78 Å². The summed E-state index contributed by atoms with van der Waals surface area (Å²) < 4.78 is 1.99. The van der Waals surface area contributed by atoms with Crippen LogP contribution in [0, 0.1) is 41.4 Å². The van der Waals surface area contributed by atoms with E-state index in [0.29, 0.717) is 17.3 Å². The Kier molecular flexibility index (Phi) is 4.98. The van der Waals surface area contributed by atoms with Gasteiger partial charge in [-0.3, -0.25) is 4.68 Å². The molecule has 30 heavy (non-hydrogen) atoms. The average Bonchev–Trinajstić information content (AvgIpc) is 3.20. The largest absolute Gasteiger partial charge is 0.393 e. The summed E-state index contributed by atoms with van der Waals surface area (Å²) in [4.78, 5) is 0. The van der Waals surface area contributed by atoms with Gasteiger partial charge in [0.1, 0.15) is 0 Å². The van der Waals surface area contributed by atoms with Crippen LogP contribution in [0.25, 0.3) is 6.08 Å². The maximum atomic E-state index is 11.5. The fraction of sp³-hybridized carbons (Fsp3) is 0.808. The zero-order valence-electron chi connectivity index (χ0n) is 19.3. The third-order valence-corrected chi connectivity index (χ3v) is 10.2. The van der Waals surface area contributed by atoms with E-state index in [1.807, 2.05) is 4.68 Å². The van der Waals surface area contributed by atoms with E-state index in [1.54, 1.807) is 0 Å². The van der Waals surface area contributed by atoms with Crippen LogP contribution >= 0.6 is 0 Å². The van der Waals surface area contributed by atoms with Gasteiger partial charge < -0.3 is 10.2 Å². The predicted molar refractivity (Wildman–Crippen MR) is 120 cm³/mol. The van der Waals surface area contributed by atoms with E-state index in [9.17, 15) is 10.2 Å². The van der Waals surface area contributed by atoms with Gasteiger partial charge in [0.15, 0.2) is 0 Å². The smallest absolute Gasteiger partial charge is 0.0809 e. The van der Waals surface area contributed by atoms with Crippen molar-refractivity contribution in [2.75, 3.05) is 0 Å². The minimum absolute atomic E-state index is 0.0129. The Labute approximate surface area is 181 Å². The summed E-state index contributed by atoms with van der Waals surface area (Å²) in [6, 6.07) is 0. The number of hydrogen-bond acceptors (Lipinski definition) is 3. The van der Waals surface area contributed by atoms with E-state index in [1.165, 1.54) is 36.8 Å². The van der Waals surface area contributed by atoms with E-state index in [4.69, 9.17) is 0 Å². The summed E-state index contributed by atoms with van der Waals surface area (Å²) >= 11 is 0. The predicted octanol–water partition coefficient (Wildman–Crippen LogP) is 4.97. The lowest BCUT2D eigenvalue weighted by molar-refractivity contribution is -0.133. The highest BCUT2D eigenvalue weighted by Gasteiger charge is 2.61. The molecule has 8 atom stereocenters. The van der Waals surface area contributed by atoms with Crippen LogP contribution in [-0.4, -0.2) is 32.2 Å². The molecule has 0 aliphatic heterocycles. The van der Waals surface area contributed by atoms with Gasteiger partial charge in [-0.2, -0.15) is 5.10 Å². The first-order chi connectivity index (χ1) is 14.3. The molecule has 1 aromatic heterocycles. The van der Waals surface area contributed by atoms with Crippen LogP contribution in [0.2, 0.25) is 0 Å². The van der Waals surface area contributed by atoms with Crippen molar-refractivity contribution < 1.29 is 10.2 Å². The third kappa shape index (κ3) is 2.97. The van der Waals surface area contributed by atoms with Crippen molar-refractivity contribution in [3.05, 3.63) is 23.0 Å². The molecular formula is C26H40N2O2. The first-order valence-electron chi connectivity index (χ1n) is 12.4. The van der Waals surface area contributed by atoms with Crippen LogP contribution in [0.1, 0.15) is 83.4 Å². The van der Waals surface area contributed by atoms with E-state index in [2.05, 4.69) is 45.1 Å². The molecule has 4 fully saturated rings. The Balaban J connectivity index is 1.44. The van der Waals surface area contributed by atoms with Crippen molar-refractivity contribution >= 4 is 6.08 Å². The Morgan fingerprint density at radius 3 is 2.60 bits per heavy atom. The second kappa shape index (κ2) is 7.20. The van der Waals surface area contributed by atoms with Crippen molar-refractivity contribution in [2.24, 2.45) is 34.5 Å². The Morgan fingerprint density at radius 2 is 1.87 bits per heavy atom. The highest BCUT2D eigenvalue weighted by atomic mass is 16.3. The molecule has 0 spiro atoms. The SMILES string of the molecule is CCn1cc(/C=C2\C[C@H]3[C@@H]4CC[C@@H]5C[C@H](O)CC[C@]5(C)[C@H]4CC[C@]3(C)[C@@H]2O)c(C)n1. The molecule has 4 aliphatic carbocycles. The Hall–Kier alpha value is -1.13. The van der Waals surface area contributed by atoms with Gasteiger partial charge in [-0.25, -0.2) is 0 Å². The molecule has 0 unspecified atom stereocenters. The van der Waals surface area contributed by atoms with Gasteiger partial charge in [0.25, 0.3) is 0 Å². The maximum absolute atomic E-state index is 11.5. The zero-order valence-corrected chi connectivity index (χ0v) is 19.3. The first kappa shape index (κ1) is 20.8. The molecule has 5 rings (SSSR count). The van der Waals surface area contributed by atoms with Crippen molar-refractivity contribution in [3.8, 4) is 0 Å². The van der Waals surface area contributed by atoms with E-state index in [-0.39, 0.29) is 17.6 Å². The van der Waals surface area contributed by atoms with E-state index >= 15 is 0 Å². The van der Waals surface area contributed by atoms with Crippen molar-refractivity contribution in [1.29, 1.82) is 0 Å². The standard InChI is InChI=1S/C26H40N2O2/c1-5-28-15-18(16(2)27-28)12-17-13-23-21-7-6-19-14-20(29)8-10-25(19,3)22(21)9-11-26(23,4)24(17)30/h12,15,19-24,29-30H,5-11,13-14H2,1-4H3/b17-12+/t19-,20-,21-,22+,23+,24-,25+,26+/m1/s1. The summed E-state index contributed by atoms with van der Waals surface area (Å²) in [6.07, 6.45) is 13.1. The minimum Gasteiger partial charge on any atom is -0.393 e. The quantitative estimate of drug-likeness (QED) is 0.721. The summed E-state index contributed by atoms with van der Waals surface area (Å²) in [5, 5.41) is 26.3. The molecule has 166 valence electrons. The highest BCUT2D eigenvalue weighted by molar-refractivity contribution is 5.56. The van der Waals surface area contributed by atoms with Gasteiger partial charge in [0.05, 0.1) is 17.9 Å². The number of nitrogens with zero attached hydrogens (tertiary/aromatic N) is 2. The normalized spacial score (nSPS) is 47.1. The molecule has 0 bridgehead atoms. The van der Waals surface area contributed by atoms with E-state index in [0.717, 1.165) is 49.8 Å². The summed E-state index contributed by atoms with van der Waals surface area (Å²) in [5.74, 6) is 2.76. The third-order valence-electron chi connectivity index (χ3n) is 10.2. The summed E-state index contributed by atoms with van der Waals surface area (Å²) in [5.41, 5.74) is 3.86. The number of aryl methyl sites for hydroxylation is 2. The molecule has 4 saturated carbocycles. The number of aliphatic hydroxyl groups is 2. The Morgan fingerprint density at radius 1 is 1.10 bits per heavy atom. The van der Waals surface area contributed by atoms with Crippen LogP contribution in [0.5, 0.6) is 0 Å². The van der Waals surface area contributed by atoms with Gasteiger partial charge in [-0.15, -0.1) is 0 Å². The molecule has 0 saturated heterocycles. The van der Waals surface area contributed by atoms with Crippen LogP contribution in [0.4, 0.5) is 0 Å². The number of aromatic nitrogens is 2.